The van der Waals surface area contributed by atoms with Crippen LogP contribution in [-0.4, -0.2) is 59.9 Å². The lowest BCUT2D eigenvalue weighted by Gasteiger charge is -2.21. The summed E-state index contributed by atoms with van der Waals surface area (Å²) >= 11 is 0. The highest BCUT2D eigenvalue weighted by Gasteiger charge is 2.53. The van der Waals surface area contributed by atoms with Gasteiger partial charge in [-0.25, -0.2) is 15.0 Å². The minimum absolute atomic E-state index is 0.156. The van der Waals surface area contributed by atoms with Gasteiger partial charge in [0.1, 0.15) is 17.0 Å². The fraction of sp³-hybridized carbons (Fsp3) is 0.190. The van der Waals surface area contributed by atoms with Gasteiger partial charge in [-0.05, 0) is 12.1 Å². The second-order valence-electron chi connectivity index (χ2n) is 7.49. The number of hydrogen-bond donors (Lipinski definition) is 2. The molecule has 1 aliphatic heterocycles. The summed E-state index contributed by atoms with van der Waals surface area (Å²) in [6.07, 6.45) is 3.31. The molecule has 0 aliphatic carbocycles. The van der Waals surface area contributed by atoms with E-state index in [0.717, 1.165) is 10.9 Å². The summed E-state index contributed by atoms with van der Waals surface area (Å²) in [6, 6.07) is 10.8. The van der Waals surface area contributed by atoms with E-state index in [4.69, 9.17) is 10.3 Å². The topological polar surface area (TPSA) is 131 Å². The van der Waals surface area contributed by atoms with Gasteiger partial charge in [-0.2, -0.15) is 0 Å². The molecule has 3 aromatic heterocycles. The van der Waals surface area contributed by atoms with E-state index in [1.165, 1.54) is 4.90 Å². The van der Waals surface area contributed by atoms with Crippen LogP contribution >= 0.6 is 0 Å². The number of carbonyl (C=O) groups excluding carboxylic acids is 1. The second-order valence-corrected chi connectivity index (χ2v) is 8.19. The summed E-state index contributed by atoms with van der Waals surface area (Å²) in [5.74, 6) is 0.798. The minimum atomic E-state index is -1.78. The number of hydrogen-bond acceptors (Lipinski definition) is 8. The molecule has 1 saturated heterocycles. The molecule has 0 bridgehead atoms. The number of amides is 1. The number of aromatic nitrogens is 4. The van der Waals surface area contributed by atoms with Crippen LogP contribution in [0.4, 0.5) is 5.82 Å². The third kappa shape index (κ3) is 2.99. The van der Waals surface area contributed by atoms with Crippen molar-refractivity contribution in [3.05, 3.63) is 54.5 Å². The van der Waals surface area contributed by atoms with Gasteiger partial charge in [-0.1, -0.05) is 23.4 Å². The van der Waals surface area contributed by atoms with Gasteiger partial charge in [-0.15, -0.1) is 0 Å². The van der Waals surface area contributed by atoms with Crippen molar-refractivity contribution >= 4 is 32.9 Å². The predicted octanol–water partition coefficient (Wildman–Crippen LogP) is 1.55. The number of likely N-dealkylation sites (N-methyl/N-ethyl adjacent to an activating group) is 1. The van der Waals surface area contributed by atoms with Gasteiger partial charge in [0.25, 0.3) is 5.91 Å². The molecule has 2 atom stereocenters. The van der Waals surface area contributed by atoms with Gasteiger partial charge in [0.15, 0.2) is 17.2 Å². The molecular formula is C21H17N6O3Si. The Balaban J connectivity index is 1.52. The van der Waals surface area contributed by atoms with E-state index < -0.39 is 17.0 Å². The molecule has 3 N–H and O–H groups in total. The van der Waals surface area contributed by atoms with Crippen molar-refractivity contribution in [1.82, 2.24) is 25.0 Å². The average Bonchev–Trinajstić information content (AvgIpc) is 3.35. The summed E-state index contributed by atoms with van der Waals surface area (Å²) in [5, 5.41) is 15.8. The predicted molar refractivity (Wildman–Crippen MR) is 114 cm³/mol. The van der Waals surface area contributed by atoms with E-state index >= 15 is 0 Å². The monoisotopic (exact) mass is 429 g/mol. The van der Waals surface area contributed by atoms with Crippen molar-refractivity contribution in [2.75, 3.05) is 19.3 Å². The molecule has 1 fully saturated rings. The third-order valence-corrected chi connectivity index (χ3v) is 6.07. The molecule has 0 spiro atoms. The Morgan fingerprint density at radius 2 is 2.06 bits per heavy atom. The first-order chi connectivity index (χ1) is 14.9. The quantitative estimate of drug-likeness (QED) is 0.469. The Morgan fingerprint density at radius 1 is 1.26 bits per heavy atom. The van der Waals surface area contributed by atoms with Crippen LogP contribution in [0.25, 0.3) is 33.6 Å². The highest BCUT2D eigenvalue weighted by atomic mass is 28.1. The number of anilines is 1. The first-order valence-electron chi connectivity index (χ1n) is 9.52. The Hall–Kier alpha value is -3.63. The summed E-state index contributed by atoms with van der Waals surface area (Å²) in [5.41, 5.74) is 5.85. The van der Waals surface area contributed by atoms with Crippen molar-refractivity contribution in [1.29, 1.82) is 0 Å². The molecule has 0 saturated carbocycles. The zero-order chi connectivity index (χ0) is 21.8. The molecule has 1 amide bonds. The molecule has 31 heavy (non-hydrogen) atoms. The molecule has 4 heterocycles. The number of nitrogens with two attached hydrogens (primary N) is 1. The highest BCUT2D eigenvalue weighted by molar-refractivity contribution is 6.17. The Kier molecular flexibility index (Phi) is 4.34. The largest absolute Gasteiger partial charge is 0.382 e. The van der Waals surface area contributed by atoms with Crippen LogP contribution < -0.4 is 5.73 Å². The SMILES string of the molecule is CN1CC([Si])C(O)(c2cc(-c3cccc(-c4ncc5ccnc(N)c5n4)c3)on2)C1=O. The molecule has 153 valence electrons. The maximum Gasteiger partial charge on any atom is 0.260 e. The van der Waals surface area contributed by atoms with Crippen LogP contribution in [0.1, 0.15) is 5.69 Å². The zero-order valence-electron chi connectivity index (χ0n) is 16.5. The molecule has 1 aromatic carbocycles. The maximum absolute atomic E-state index is 12.5. The molecule has 5 rings (SSSR count). The van der Waals surface area contributed by atoms with Crippen LogP contribution in [0.3, 0.4) is 0 Å². The number of nitrogens with zero attached hydrogens (tertiary/aromatic N) is 5. The number of rotatable bonds is 3. The Bertz CT molecular complexity index is 1330. The fourth-order valence-corrected chi connectivity index (χ4v) is 4.28. The van der Waals surface area contributed by atoms with Crippen LogP contribution in [0.15, 0.2) is 53.3 Å². The van der Waals surface area contributed by atoms with Gasteiger partial charge < -0.3 is 20.3 Å². The van der Waals surface area contributed by atoms with E-state index in [1.807, 2.05) is 24.3 Å². The van der Waals surface area contributed by atoms with Gasteiger partial charge in [0.05, 0.1) is 0 Å². The first-order valence-corrected chi connectivity index (χ1v) is 10.1. The average molecular weight is 429 g/mol. The lowest BCUT2D eigenvalue weighted by Crippen LogP contribution is -2.38. The number of fused-ring (bicyclic) bond motifs is 1. The van der Waals surface area contributed by atoms with Crippen molar-refractivity contribution in [3.8, 4) is 22.7 Å². The van der Waals surface area contributed by atoms with E-state index in [-0.39, 0.29) is 5.69 Å². The van der Waals surface area contributed by atoms with Crippen molar-refractivity contribution < 1.29 is 14.4 Å². The van der Waals surface area contributed by atoms with Gasteiger partial charge in [0.2, 0.25) is 0 Å². The number of likely N-dealkylation sites (tertiary alicyclic amines) is 1. The minimum Gasteiger partial charge on any atom is -0.382 e. The molecule has 1 aliphatic rings. The Labute approximate surface area is 180 Å². The normalized spacial score (nSPS) is 21.2. The smallest absolute Gasteiger partial charge is 0.260 e. The fourth-order valence-electron chi connectivity index (χ4n) is 3.74. The zero-order valence-corrected chi connectivity index (χ0v) is 17.5. The van der Waals surface area contributed by atoms with Gasteiger partial charge in [-0.3, -0.25) is 4.79 Å². The van der Waals surface area contributed by atoms with E-state index in [2.05, 4.69) is 30.4 Å². The molecular weight excluding hydrogens is 412 g/mol. The number of pyridine rings is 1. The lowest BCUT2D eigenvalue weighted by atomic mass is 9.96. The molecule has 9 nitrogen and oxygen atoms in total. The Morgan fingerprint density at radius 3 is 2.84 bits per heavy atom. The maximum atomic E-state index is 12.5. The summed E-state index contributed by atoms with van der Waals surface area (Å²) in [7, 11) is 5.07. The number of nitrogen functional groups attached to an aromatic ring is 1. The van der Waals surface area contributed by atoms with Crippen LogP contribution in [0.5, 0.6) is 0 Å². The van der Waals surface area contributed by atoms with Crippen molar-refractivity contribution in [2.24, 2.45) is 0 Å². The van der Waals surface area contributed by atoms with Gasteiger partial charge in [0, 0.05) is 64.3 Å². The molecule has 2 unspecified atom stereocenters. The molecule has 10 heteroatoms. The summed E-state index contributed by atoms with van der Waals surface area (Å²) in [6.45, 7) is 0.362. The highest BCUT2D eigenvalue weighted by Crippen LogP contribution is 2.40. The number of aliphatic hydroxyl groups is 1. The lowest BCUT2D eigenvalue weighted by molar-refractivity contribution is -0.143. The van der Waals surface area contributed by atoms with Crippen LogP contribution in [-0.2, 0) is 10.4 Å². The van der Waals surface area contributed by atoms with Crippen LogP contribution in [0.2, 0.25) is 5.54 Å². The summed E-state index contributed by atoms with van der Waals surface area (Å²) in [4.78, 5) is 27.0. The summed E-state index contributed by atoms with van der Waals surface area (Å²) < 4.78 is 5.47. The van der Waals surface area contributed by atoms with Crippen molar-refractivity contribution in [2.45, 2.75) is 11.1 Å². The molecule has 3 radical (unpaired) electrons. The van der Waals surface area contributed by atoms with Crippen molar-refractivity contribution in [3.63, 3.8) is 0 Å². The van der Waals surface area contributed by atoms with Gasteiger partial charge >= 0.3 is 0 Å². The van der Waals surface area contributed by atoms with E-state index in [1.54, 1.807) is 31.6 Å². The van der Waals surface area contributed by atoms with E-state index in [0.29, 0.717) is 35.0 Å². The molecule has 4 aromatic rings. The van der Waals surface area contributed by atoms with E-state index in [9.17, 15) is 9.90 Å². The number of benzene rings is 1. The standard InChI is InChI=1S/C21H17N6O3Si/c1-27-10-16(31)21(29,20(27)28)15-8-14(30-26-15)11-3-2-4-12(7-11)19-24-9-13-5-6-23-18(22)17(13)25-19/h2-9,16,29H,10H2,1H3,(H2,22,23). The van der Waals surface area contributed by atoms with Crippen LogP contribution in [0, 0.1) is 0 Å². The second kappa shape index (κ2) is 6.96. The first kappa shape index (κ1) is 19.3. The third-order valence-electron chi connectivity index (χ3n) is 5.47. The number of carbonyl (C=O) groups is 1.